The molecule has 3 aromatic carbocycles. The number of fused-ring (bicyclic) bond motifs is 1. The van der Waals surface area contributed by atoms with E-state index < -0.39 is 0 Å². The fraction of sp³-hybridized carbons (Fsp3) is 0.233. The first-order valence-electron chi connectivity index (χ1n) is 11.7. The molecule has 1 heterocycles. The number of benzene rings is 3. The second kappa shape index (κ2) is 10.0. The minimum absolute atomic E-state index is 0.175. The summed E-state index contributed by atoms with van der Waals surface area (Å²) in [7, 11) is 0. The van der Waals surface area contributed by atoms with Crippen LogP contribution < -0.4 is 10.1 Å². The zero-order valence-corrected chi connectivity index (χ0v) is 20.4. The van der Waals surface area contributed by atoms with Crippen LogP contribution in [0.4, 0.5) is 5.69 Å². The van der Waals surface area contributed by atoms with Crippen molar-refractivity contribution in [2.24, 2.45) is 0 Å². The Morgan fingerprint density at radius 3 is 2.44 bits per heavy atom. The first-order chi connectivity index (χ1) is 16.4. The SMILES string of the molecule is CCOc1c(/C(C)=C/C(=O)Nc2ccc(C(C)C)cc2)cc2c(-c3ccccc3)coc2c1C. The molecule has 0 aliphatic rings. The Kier molecular flexibility index (Phi) is 6.87. The molecule has 0 spiro atoms. The number of anilines is 1. The van der Waals surface area contributed by atoms with Gasteiger partial charge >= 0.3 is 0 Å². The van der Waals surface area contributed by atoms with Gasteiger partial charge in [0.2, 0.25) is 5.91 Å². The van der Waals surface area contributed by atoms with Crippen LogP contribution in [-0.2, 0) is 4.79 Å². The lowest BCUT2D eigenvalue weighted by molar-refractivity contribution is -0.111. The van der Waals surface area contributed by atoms with Gasteiger partial charge in [-0.05, 0) is 61.6 Å². The largest absolute Gasteiger partial charge is 0.493 e. The molecular weight excluding hydrogens is 422 g/mol. The molecule has 0 saturated carbocycles. The van der Waals surface area contributed by atoms with Crippen molar-refractivity contribution in [3.63, 3.8) is 0 Å². The average Bonchev–Trinajstić information content (AvgIpc) is 3.26. The molecule has 1 amide bonds. The summed E-state index contributed by atoms with van der Waals surface area (Å²) >= 11 is 0. The van der Waals surface area contributed by atoms with Gasteiger partial charge in [0.15, 0.2) is 0 Å². The third kappa shape index (κ3) is 4.76. The van der Waals surface area contributed by atoms with Crippen molar-refractivity contribution in [3.05, 3.63) is 89.7 Å². The third-order valence-corrected chi connectivity index (χ3v) is 6.03. The Morgan fingerprint density at radius 2 is 1.79 bits per heavy atom. The van der Waals surface area contributed by atoms with Crippen molar-refractivity contribution in [1.82, 2.24) is 0 Å². The molecule has 0 saturated heterocycles. The predicted molar refractivity (Wildman–Crippen MR) is 140 cm³/mol. The van der Waals surface area contributed by atoms with E-state index in [1.165, 1.54) is 5.56 Å². The fourth-order valence-corrected chi connectivity index (χ4v) is 4.18. The molecule has 0 bridgehead atoms. The standard InChI is InChI=1S/C30H31NO3/c1-6-33-29-21(5)30-26(27(18-34-30)23-10-8-7-9-11-23)17-25(29)20(4)16-28(32)31-24-14-12-22(13-15-24)19(2)3/h7-19H,6H2,1-5H3,(H,31,32)/b20-16+. The van der Waals surface area contributed by atoms with Gasteiger partial charge in [0.25, 0.3) is 0 Å². The van der Waals surface area contributed by atoms with Gasteiger partial charge < -0.3 is 14.5 Å². The van der Waals surface area contributed by atoms with Gasteiger partial charge in [-0.15, -0.1) is 0 Å². The maximum Gasteiger partial charge on any atom is 0.248 e. The number of nitrogens with one attached hydrogen (secondary N) is 1. The lowest BCUT2D eigenvalue weighted by atomic mass is 9.96. The predicted octanol–water partition coefficient (Wildman–Crippen LogP) is 7.97. The van der Waals surface area contributed by atoms with Crippen LogP contribution in [0.15, 0.2) is 77.4 Å². The van der Waals surface area contributed by atoms with Crippen molar-refractivity contribution in [2.45, 2.75) is 40.5 Å². The molecule has 34 heavy (non-hydrogen) atoms. The molecule has 174 valence electrons. The van der Waals surface area contributed by atoms with Crippen LogP contribution in [0.2, 0.25) is 0 Å². The van der Waals surface area contributed by atoms with Gasteiger partial charge in [-0.25, -0.2) is 0 Å². The summed E-state index contributed by atoms with van der Waals surface area (Å²) in [6.45, 7) is 10.7. The van der Waals surface area contributed by atoms with E-state index >= 15 is 0 Å². The van der Waals surface area contributed by atoms with Crippen LogP contribution in [0.1, 0.15) is 50.3 Å². The van der Waals surface area contributed by atoms with E-state index in [0.29, 0.717) is 12.5 Å². The highest BCUT2D eigenvalue weighted by molar-refractivity contribution is 6.06. The number of furan rings is 1. The van der Waals surface area contributed by atoms with Crippen molar-refractivity contribution < 1.29 is 13.9 Å². The van der Waals surface area contributed by atoms with Crippen LogP contribution in [-0.4, -0.2) is 12.5 Å². The number of carbonyl (C=O) groups excluding carboxylic acids is 1. The monoisotopic (exact) mass is 453 g/mol. The zero-order chi connectivity index (χ0) is 24.2. The maximum absolute atomic E-state index is 12.8. The van der Waals surface area contributed by atoms with E-state index in [-0.39, 0.29) is 5.91 Å². The molecule has 1 aromatic heterocycles. The molecule has 4 heteroatoms. The summed E-state index contributed by atoms with van der Waals surface area (Å²) in [4.78, 5) is 12.8. The molecule has 0 fully saturated rings. The Morgan fingerprint density at radius 1 is 1.09 bits per heavy atom. The summed E-state index contributed by atoms with van der Waals surface area (Å²) in [6.07, 6.45) is 3.42. The number of aryl methyl sites for hydroxylation is 1. The van der Waals surface area contributed by atoms with Gasteiger partial charge in [-0.3, -0.25) is 4.79 Å². The molecule has 4 rings (SSSR count). The molecular formula is C30H31NO3. The molecule has 0 atom stereocenters. The third-order valence-electron chi connectivity index (χ3n) is 6.03. The van der Waals surface area contributed by atoms with Crippen LogP contribution in [0.3, 0.4) is 0 Å². The number of amides is 1. The molecule has 0 unspecified atom stereocenters. The van der Waals surface area contributed by atoms with Crippen molar-refractivity contribution >= 4 is 28.1 Å². The highest BCUT2D eigenvalue weighted by atomic mass is 16.5. The van der Waals surface area contributed by atoms with Crippen LogP contribution in [0.5, 0.6) is 5.75 Å². The minimum Gasteiger partial charge on any atom is -0.493 e. The highest BCUT2D eigenvalue weighted by Gasteiger charge is 2.19. The smallest absolute Gasteiger partial charge is 0.248 e. The van der Waals surface area contributed by atoms with E-state index in [9.17, 15) is 4.79 Å². The Balaban J connectivity index is 1.71. The van der Waals surface area contributed by atoms with Crippen LogP contribution in [0.25, 0.3) is 27.7 Å². The zero-order valence-electron chi connectivity index (χ0n) is 20.4. The molecule has 4 nitrogen and oxygen atoms in total. The summed E-state index contributed by atoms with van der Waals surface area (Å²) in [5, 5.41) is 3.97. The summed E-state index contributed by atoms with van der Waals surface area (Å²) < 4.78 is 12.0. The molecule has 0 aliphatic carbocycles. The number of rotatable bonds is 7. The Hall–Kier alpha value is -3.79. The second-order valence-corrected chi connectivity index (χ2v) is 8.80. The fourth-order valence-electron chi connectivity index (χ4n) is 4.18. The van der Waals surface area contributed by atoms with Crippen LogP contribution >= 0.6 is 0 Å². The highest BCUT2D eigenvalue weighted by Crippen LogP contribution is 2.40. The van der Waals surface area contributed by atoms with E-state index in [1.54, 1.807) is 12.3 Å². The second-order valence-electron chi connectivity index (χ2n) is 8.80. The normalized spacial score (nSPS) is 11.8. The van der Waals surface area contributed by atoms with E-state index in [1.807, 2.05) is 63.2 Å². The summed E-state index contributed by atoms with van der Waals surface area (Å²) in [6, 6.07) is 20.2. The van der Waals surface area contributed by atoms with Crippen LogP contribution in [0, 0.1) is 6.92 Å². The summed E-state index contributed by atoms with van der Waals surface area (Å²) in [5.41, 5.74) is 7.55. The average molecular weight is 454 g/mol. The minimum atomic E-state index is -0.175. The Bertz CT molecular complexity index is 1330. The number of hydrogen-bond acceptors (Lipinski definition) is 3. The number of ether oxygens (including phenoxy) is 1. The Labute approximate surface area is 201 Å². The van der Waals surface area contributed by atoms with E-state index in [0.717, 1.165) is 50.2 Å². The lowest BCUT2D eigenvalue weighted by Gasteiger charge is -2.15. The van der Waals surface area contributed by atoms with Gasteiger partial charge in [-0.1, -0.05) is 56.3 Å². The van der Waals surface area contributed by atoms with Crippen molar-refractivity contribution in [3.8, 4) is 16.9 Å². The van der Waals surface area contributed by atoms with Gasteiger partial charge in [0.05, 0.1) is 12.9 Å². The molecule has 0 radical (unpaired) electrons. The topological polar surface area (TPSA) is 51.5 Å². The summed E-state index contributed by atoms with van der Waals surface area (Å²) in [5.74, 6) is 1.02. The van der Waals surface area contributed by atoms with Gasteiger partial charge in [-0.2, -0.15) is 0 Å². The lowest BCUT2D eigenvalue weighted by Crippen LogP contribution is -2.09. The molecule has 1 N–H and O–H groups in total. The van der Waals surface area contributed by atoms with Gasteiger partial charge in [0.1, 0.15) is 11.3 Å². The maximum atomic E-state index is 12.8. The number of allylic oxidation sites excluding steroid dienone is 1. The number of carbonyl (C=O) groups is 1. The van der Waals surface area contributed by atoms with Crippen molar-refractivity contribution in [1.29, 1.82) is 0 Å². The quantitative estimate of drug-likeness (QED) is 0.289. The van der Waals surface area contributed by atoms with Crippen molar-refractivity contribution in [2.75, 3.05) is 11.9 Å². The van der Waals surface area contributed by atoms with E-state index in [4.69, 9.17) is 9.15 Å². The first-order valence-corrected chi connectivity index (χ1v) is 11.7. The molecule has 0 aliphatic heterocycles. The number of hydrogen-bond donors (Lipinski definition) is 1. The first kappa shape index (κ1) is 23.4. The van der Waals surface area contributed by atoms with Gasteiger partial charge in [0, 0.05) is 33.8 Å². The van der Waals surface area contributed by atoms with E-state index in [2.05, 4.69) is 37.4 Å². The molecule has 4 aromatic rings.